The van der Waals surface area contributed by atoms with Crippen molar-refractivity contribution in [3.8, 4) is 6.07 Å². The molecular formula is C16H22F3N3. The molecule has 0 saturated heterocycles. The lowest BCUT2D eigenvalue weighted by molar-refractivity contribution is -0.137. The molecular weight excluding hydrogens is 291 g/mol. The Labute approximate surface area is 129 Å². The number of hydrogen-bond acceptors (Lipinski definition) is 3. The highest BCUT2D eigenvalue weighted by Gasteiger charge is 2.31. The maximum Gasteiger partial charge on any atom is 0.416 e. The van der Waals surface area contributed by atoms with Crippen LogP contribution in [-0.4, -0.2) is 12.6 Å². The summed E-state index contributed by atoms with van der Waals surface area (Å²) in [6, 6.07) is 5.08. The maximum absolute atomic E-state index is 12.8. The third kappa shape index (κ3) is 5.57. The summed E-state index contributed by atoms with van der Waals surface area (Å²) in [7, 11) is 0. The van der Waals surface area contributed by atoms with Crippen molar-refractivity contribution in [1.82, 2.24) is 0 Å². The van der Waals surface area contributed by atoms with Gasteiger partial charge in [0.2, 0.25) is 0 Å². The summed E-state index contributed by atoms with van der Waals surface area (Å²) in [5.74, 6) is 0.395. The number of nitriles is 1. The van der Waals surface area contributed by atoms with Gasteiger partial charge in [-0.15, -0.1) is 0 Å². The van der Waals surface area contributed by atoms with Crippen molar-refractivity contribution in [3.63, 3.8) is 0 Å². The minimum atomic E-state index is -4.42. The van der Waals surface area contributed by atoms with Crippen molar-refractivity contribution in [2.24, 2.45) is 11.7 Å². The van der Waals surface area contributed by atoms with E-state index in [4.69, 9.17) is 11.0 Å². The van der Waals surface area contributed by atoms with E-state index in [1.54, 1.807) is 0 Å². The molecule has 0 radical (unpaired) electrons. The fourth-order valence-corrected chi connectivity index (χ4v) is 2.34. The molecule has 1 rings (SSSR count). The van der Waals surface area contributed by atoms with E-state index in [0.29, 0.717) is 12.5 Å². The Hall–Kier alpha value is -1.74. The van der Waals surface area contributed by atoms with E-state index < -0.39 is 11.7 Å². The fourth-order valence-electron chi connectivity index (χ4n) is 2.34. The van der Waals surface area contributed by atoms with Crippen LogP contribution < -0.4 is 11.1 Å². The van der Waals surface area contributed by atoms with Gasteiger partial charge < -0.3 is 11.1 Å². The van der Waals surface area contributed by atoms with Gasteiger partial charge in [-0.3, -0.25) is 0 Å². The van der Waals surface area contributed by atoms with Gasteiger partial charge in [0.25, 0.3) is 0 Å². The lowest BCUT2D eigenvalue weighted by Gasteiger charge is -2.23. The lowest BCUT2D eigenvalue weighted by Crippen LogP contribution is -2.23. The number of halogens is 3. The second-order valence-corrected chi connectivity index (χ2v) is 5.77. The summed E-state index contributed by atoms with van der Waals surface area (Å²) < 4.78 is 38.5. The van der Waals surface area contributed by atoms with E-state index in [2.05, 4.69) is 19.2 Å². The molecule has 1 aromatic carbocycles. The van der Waals surface area contributed by atoms with Gasteiger partial charge in [-0.2, -0.15) is 18.4 Å². The molecule has 1 unspecified atom stereocenters. The van der Waals surface area contributed by atoms with Crippen molar-refractivity contribution in [3.05, 3.63) is 29.3 Å². The normalized spacial score (nSPS) is 13.0. The van der Waals surface area contributed by atoms with Gasteiger partial charge in [-0.1, -0.05) is 13.8 Å². The van der Waals surface area contributed by atoms with Crippen LogP contribution in [0.25, 0.3) is 0 Å². The number of benzene rings is 1. The number of rotatable bonds is 7. The number of alkyl halides is 3. The Kier molecular flexibility index (Phi) is 6.69. The highest BCUT2D eigenvalue weighted by molar-refractivity contribution is 5.59. The number of nitrogens with zero attached hydrogens (tertiary/aromatic N) is 1. The molecule has 0 aromatic heterocycles. The number of anilines is 1. The first-order valence-corrected chi connectivity index (χ1v) is 7.35. The molecule has 0 aliphatic rings. The summed E-state index contributed by atoms with van der Waals surface area (Å²) in [4.78, 5) is 0. The second kappa shape index (κ2) is 8.04. The average Bonchev–Trinajstić information content (AvgIpc) is 2.43. The van der Waals surface area contributed by atoms with E-state index in [0.717, 1.165) is 31.4 Å². The highest BCUT2D eigenvalue weighted by atomic mass is 19.4. The van der Waals surface area contributed by atoms with Crippen LogP contribution in [0.15, 0.2) is 18.2 Å². The van der Waals surface area contributed by atoms with E-state index in [9.17, 15) is 13.2 Å². The number of nitrogens with one attached hydrogen (secondary N) is 1. The van der Waals surface area contributed by atoms with Crippen molar-refractivity contribution >= 4 is 5.69 Å². The Morgan fingerprint density at radius 3 is 2.50 bits per heavy atom. The Morgan fingerprint density at radius 1 is 1.32 bits per heavy atom. The second-order valence-electron chi connectivity index (χ2n) is 5.77. The van der Waals surface area contributed by atoms with Crippen LogP contribution in [0, 0.1) is 17.2 Å². The maximum atomic E-state index is 12.8. The largest absolute Gasteiger partial charge is 0.416 e. The van der Waals surface area contributed by atoms with Gasteiger partial charge in [-0.05, 0) is 49.9 Å². The minimum absolute atomic E-state index is 0.000802. The molecule has 3 nitrogen and oxygen atoms in total. The zero-order chi connectivity index (χ0) is 16.8. The third-order valence-corrected chi connectivity index (χ3v) is 3.34. The van der Waals surface area contributed by atoms with Crippen molar-refractivity contribution in [1.29, 1.82) is 5.26 Å². The molecule has 0 saturated carbocycles. The van der Waals surface area contributed by atoms with E-state index >= 15 is 0 Å². The SMILES string of the molecule is CC(C)CC(CCCN)Nc1cc(C(F)(F)F)ccc1C#N. The van der Waals surface area contributed by atoms with Crippen LogP contribution in [0.3, 0.4) is 0 Å². The van der Waals surface area contributed by atoms with Crippen molar-refractivity contribution < 1.29 is 13.2 Å². The summed E-state index contributed by atoms with van der Waals surface area (Å²) >= 11 is 0. The molecule has 122 valence electrons. The zero-order valence-corrected chi connectivity index (χ0v) is 12.9. The first kappa shape index (κ1) is 18.3. The van der Waals surface area contributed by atoms with Crippen LogP contribution in [0.5, 0.6) is 0 Å². The number of hydrogen-bond donors (Lipinski definition) is 2. The molecule has 0 fully saturated rings. The Balaban J connectivity index is 3.03. The summed E-state index contributed by atoms with van der Waals surface area (Å²) in [6.45, 7) is 4.63. The highest BCUT2D eigenvalue weighted by Crippen LogP contribution is 2.32. The molecule has 6 heteroatoms. The molecule has 1 aromatic rings. The fraction of sp³-hybridized carbons (Fsp3) is 0.562. The molecule has 0 heterocycles. The predicted molar refractivity (Wildman–Crippen MR) is 81.3 cm³/mol. The Morgan fingerprint density at radius 2 is 2.00 bits per heavy atom. The monoisotopic (exact) mass is 313 g/mol. The van der Waals surface area contributed by atoms with Crippen LogP contribution in [-0.2, 0) is 6.18 Å². The smallest absolute Gasteiger partial charge is 0.381 e. The van der Waals surface area contributed by atoms with Gasteiger partial charge in [0.05, 0.1) is 16.8 Å². The van der Waals surface area contributed by atoms with Crippen molar-refractivity contribution in [2.45, 2.75) is 45.3 Å². The molecule has 0 aliphatic carbocycles. The average molecular weight is 313 g/mol. The van der Waals surface area contributed by atoms with Gasteiger partial charge in [-0.25, -0.2) is 0 Å². The minimum Gasteiger partial charge on any atom is -0.381 e. The van der Waals surface area contributed by atoms with Gasteiger partial charge in [0.15, 0.2) is 0 Å². The van der Waals surface area contributed by atoms with Gasteiger partial charge in [0.1, 0.15) is 6.07 Å². The first-order valence-electron chi connectivity index (χ1n) is 7.35. The molecule has 0 spiro atoms. The third-order valence-electron chi connectivity index (χ3n) is 3.34. The summed E-state index contributed by atoms with van der Waals surface area (Å²) in [5.41, 5.74) is 5.21. The zero-order valence-electron chi connectivity index (χ0n) is 12.9. The van der Waals surface area contributed by atoms with E-state index in [1.807, 2.05) is 6.07 Å². The quantitative estimate of drug-likeness (QED) is 0.795. The predicted octanol–water partition coefficient (Wildman–Crippen LogP) is 4.14. The van der Waals surface area contributed by atoms with E-state index in [-0.39, 0.29) is 17.3 Å². The molecule has 22 heavy (non-hydrogen) atoms. The van der Waals surface area contributed by atoms with Crippen LogP contribution in [0.4, 0.5) is 18.9 Å². The molecule has 1 atom stereocenters. The standard InChI is InChI=1S/C16H22F3N3/c1-11(2)8-14(4-3-7-20)22-15-9-13(16(17,18)19)6-5-12(15)10-21/h5-6,9,11,14,22H,3-4,7-8,20H2,1-2H3. The molecule has 0 aliphatic heterocycles. The summed E-state index contributed by atoms with van der Waals surface area (Å²) in [6.07, 6.45) is -2.07. The Bertz CT molecular complexity index is 518. The van der Waals surface area contributed by atoms with Gasteiger partial charge in [0, 0.05) is 6.04 Å². The van der Waals surface area contributed by atoms with E-state index in [1.165, 1.54) is 6.07 Å². The molecule has 0 amide bonds. The van der Waals surface area contributed by atoms with Crippen LogP contribution in [0.1, 0.15) is 44.2 Å². The topological polar surface area (TPSA) is 61.8 Å². The lowest BCUT2D eigenvalue weighted by atomic mass is 9.98. The molecule has 0 bridgehead atoms. The van der Waals surface area contributed by atoms with Crippen LogP contribution in [0.2, 0.25) is 0 Å². The summed E-state index contributed by atoms with van der Waals surface area (Å²) in [5, 5.41) is 12.2. The van der Waals surface area contributed by atoms with Gasteiger partial charge >= 0.3 is 6.18 Å². The first-order chi connectivity index (χ1) is 10.3. The van der Waals surface area contributed by atoms with Crippen molar-refractivity contribution in [2.75, 3.05) is 11.9 Å². The molecule has 3 N–H and O–H groups in total. The van der Waals surface area contributed by atoms with Crippen LogP contribution >= 0.6 is 0 Å². The number of nitrogens with two attached hydrogens (primary N) is 1.